The summed E-state index contributed by atoms with van der Waals surface area (Å²) in [5.74, 6) is 0.468. The van der Waals surface area contributed by atoms with Crippen LogP contribution < -0.4 is 5.32 Å². The van der Waals surface area contributed by atoms with Crippen molar-refractivity contribution in [2.24, 2.45) is 0 Å². The summed E-state index contributed by atoms with van der Waals surface area (Å²) in [5.41, 5.74) is 3.76. The minimum absolute atomic E-state index is 0.207. The molecule has 1 N–H and O–H groups in total. The van der Waals surface area contributed by atoms with Crippen molar-refractivity contribution in [3.63, 3.8) is 0 Å². The van der Waals surface area contributed by atoms with Crippen molar-refractivity contribution in [1.29, 1.82) is 5.26 Å². The van der Waals surface area contributed by atoms with Gasteiger partial charge in [0, 0.05) is 12.2 Å². The average Bonchev–Trinajstić information content (AvgIpc) is 2.48. The molecule has 0 fully saturated rings. The first-order chi connectivity index (χ1) is 9.63. The molecule has 0 saturated heterocycles. The SMILES string of the molecule is C/C=C(\CCC(C)NC#N)c1cccnc1C(C)CC. The van der Waals surface area contributed by atoms with E-state index < -0.39 is 0 Å². The number of hydrogen-bond acceptors (Lipinski definition) is 3. The first-order valence-corrected chi connectivity index (χ1v) is 7.39. The molecular weight excluding hydrogens is 246 g/mol. The summed E-state index contributed by atoms with van der Waals surface area (Å²) in [6, 6.07) is 4.37. The summed E-state index contributed by atoms with van der Waals surface area (Å²) < 4.78 is 0. The Bertz CT molecular complexity index is 485. The number of nitrogens with zero attached hydrogens (tertiary/aromatic N) is 2. The van der Waals surface area contributed by atoms with E-state index in [4.69, 9.17) is 5.26 Å². The van der Waals surface area contributed by atoms with Crippen molar-refractivity contribution in [2.45, 2.75) is 58.9 Å². The van der Waals surface area contributed by atoms with Crippen LogP contribution in [0.3, 0.4) is 0 Å². The van der Waals surface area contributed by atoms with Crippen molar-refractivity contribution in [3.8, 4) is 6.19 Å². The zero-order valence-corrected chi connectivity index (χ0v) is 13.0. The smallest absolute Gasteiger partial charge is 0.176 e. The van der Waals surface area contributed by atoms with Gasteiger partial charge < -0.3 is 5.32 Å². The zero-order chi connectivity index (χ0) is 15.0. The molecule has 1 aromatic rings. The number of rotatable bonds is 7. The second-order valence-corrected chi connectivity index (χ2v) is 5.26. The van der Waals surface area contributed by atoms with Crippen LogP contribution in [0, 0.1) is 11.5 Å². The maximum atomic E-state index is 8.64. The van der Waals surface area contributed by atoms with Crippen molar-refractivity contribution < 1.29 is 0 Å². The molecule has 1 rings (SSSR count). The summed E-state index contributed by atoms with van der Waals surface area (Å²) in [5, 5.41) is 11.4. The minimum atomic E-state index is 0.207. The lowest BCUT2D eigenvalue weighted by atomic mass is 9.92. The molecule has 0 bridgehead atoms. The molecule has 20 heavy (non-hydrogen) atoms. The molecule has 0 spiro atoms. The monoisotopic (exact) mass is 271 g/mol. The lowest BCUT2D eigenvalue weighted by Gasteiger charge is -2.17. The Balaban J connectivity index is 2.89. The lowest BCUT2D eigenvalue weighted by Crippen LogP contribution is -2.20. The van der Waals surface area contributed by atoms with Gasteiger partial charge in [0.05, 0.1) is 5.69 Å². The van der Waals surface area contributed by atoms with E-state index in [1.54, 1.807) is 0 Å². The largest absolute Gasteiger partial charge is 0.321 e. The lowest BCUT2D eigenvalue weighted by molar-refractivity contribution is 0.604. The highest BCUT2D eigenvalue weighted by Crippen LogP contribution is 2.28. The van der Waals surface area contributed by atoms with E-state index in [2.05, 4.69) is 43.2 Å². The first kappa shape index (κ1) is 16.2. The Labute approximate surface area is 122 Å². The number of hydrogen-bond donors (Lipinski definition) is 1. The van der Waals surface area contributed by atoms with Crippen molar-refractivity contribution in [2.75, 3.05) is 0 Å². The van der Waals surface area contributed by atoms with E-state index in [1.165, 1.54) is 16.8 Å². The summed E-state index contributed by atoms with van der Waals surface area (Å²) in [6.45, 7) is 8.52. The molecule has 0 aliphatic carbocycles. The van der Waals surface area contributed by atoms with Crippen molar-refractivity contribution in [3.05, 3.63) is 35.7 Å². The molecule has 3 heteroatoms. The van der Waals surface area contributed by atoms with Gasteiger partial charge in [-0.15, -0.1) is 0 Å². The van der Waals surface area contributed by atoms with E-state index >= 15 is 0 Å². The average molecular weight is 271 g/mol. The predicted molar refractivity (Wildman–Crippen MR) is 84.0 cm³/mol. The van der Waals surface area contributed by atoms with Gasteiger partial charge in [-0.2, -0.15) is 5.26 Å². The number of allylic oxidation sites excluding steroid dienone is 2. The molecule has 0 aliphatic heterocycles. The van der Waals surface area contributed by atoms with Crippen LogP contribution in [0.5, 0.6) is 0 Å². The molecule has 3 nitrogen and oxygen atoms in total. The van der Waals surface area contributed by atoms with Crippen LogP contribution >= 0.6 is 0 Å². The minimum Gasteiger partial charge on any atom is -0.321 e. The van der Waals surface area contributed by atoms with Gasteiger partial charge in [0.15, 0.2) is 6.19 Å². The van der Waals surface area contributed by atoms with E-state index in [9.17, 15) is 0 Å². The second kappa shape index (κ2) is 8.37. The van der Waals surface area contributed by atoms with Crippen molar-refractivity contribution in [1.82, 2.24) is 10.3 Å². The van der Waals surface area contributed by atoms with Crippen molar-refractivity contribution >= 4 is 5.57 Å². The van der Waals surface area contributed by atoms with Crippen LogP contribution in [0.15, 0.2) is 24.4 Å². The first-order valence-electron chi connectivity index (χ1n) is 7.39. The standard InChI is InChI=1S/C17H25N3/c1-5-13(3)17-16(8-7-11-19-17)15(6-2)10-9-14(4)20-12-18/h6-8,11,13-14,20H,5,9-10H2,1-4H3/b15-6+. The molecule has 2 atom stereocenters. The van der Waals surface area contributed by atoms with Gasteiger partial charge >= 0.3 is 0 Å². The zero-order valence-electron chi connectivity index (χ0n) is 13.0. The highest BCUT2D eigenvalue weighted by Gasteiger charge is 2.13. The molecule has 0 aromatic carbocycles. The molecule has 0 amide bonds. The third kappa shape index (κ3) is 4.38. The highest BCUT2D eigenvalue weighted by molar-refractivity contribution is 5.67. The predicted octanol–water partition coefficient (Wildman–Crippen LogP) is 4.24. The molecule has 0 radical (unpaired) electrons. The van der Waals surface area contributed by atoms with Gasteiger partial charge in [-0.1, -0.05) is 26.0 Å². The maximum absolute atomic E-state index is 8.64. The summed E-state index contributed by atoms with van der Waals surface area (Å²) in [7, 11) is 0. The Morgan fingerprint density at radius 2 is 2.25 bits per heavy atom. The topological polar surface area (TPSA) is 48.7 Å². The van der Waals surface area contributed by atoms with E-state index in [1.807, 2.05) is 25.4 Å². The van der Waals surface area contributed by atoms with Crippen LogP contribution in [-0.4, -0.2) is 11.0 Å². The molecule has 1 heterocycles. The third-order valence-electron chi connectivity index (χ3n) is 3.77. The molecule has 1 aromatic heterocycles. The summed E-state index contributed by atoms with van der Waals surface area (Å²) in [4.78, 5) is 4.57. The van der Waals surface area contributed by atoms with E-state index in [0.29, 0.717) is 5.92 Å². The van der Waals surface area contributed by atoms with E-state index in [0.717, 1.165) is 19.3 Å². The van der Waals surface area contributed by atoms with Crippen LogP contribution in [0.25, 0.3) is 5.57 Å². The fourth-order valence-corrected chi connectivity index (χ4v) is 2.26. The van der Waals surface area contributed by atoms with Crippen LogP contribution in [0.1, 0.15) is 64.1 Å². The van der Waals surface area contributed by atoms with Gasteiger partial charge in [0.2, 0.25) is 0 Å². The van der Waals surface area contributed by atoms with Gasteiger partial charge in [0.25, 0.3) is 0 Å². The highest BCUT2D eigenvalue weighted by atomic mass is 14.9. The van der Waals surface area contributed by atoms with Crippen LogP contribution in [0.2, 0.25) is 0 Å². The van der Waals surface area contributed by atoms with Crippen LogP contribution in [0.4, 0.5) is 0 Å². The Hall–Kier alpha value is -1.82. The molecule has 108 valence electrons. The quantitative estimate of drug-likeness (QED) is 0.596. The Morgan fingerprint density at radius 1 is 1.50 bits per heavy atom. The van der Waals surface area contributed by atoms with Gasteiger partial charge in [-0.05, 0) is 56.2 Å². The molecule has 2 unspecified atom stereocenters. The van der Waals surface area contributed by atoms with Gasteiger partial charge in [0.1, 0.15) is 0 Å². The maximum Gasteiger partial charge on any atom is 0.176 e. The Morgan fingerprint density at radius 3 is 2.85 bits per heavy atom. The molecule has 0 saturated carbocycles. The summed E-state index contributed by atoms with van der Waals surface area (Å²) >= 11 is 0. The fourth-order valence-electron chi connectivity index (χ4n) is 2.26. The van der Waals surface area contributed by atoms with Gasteiger partial charge in [-0.3, -0.25) is 4.98 Å². The molecular formula is C17H25N3. The summed E-state index contributed by atoms with van der Waals surface area (Å²) in [6.07, 6.45) is 9.04. The normalized spacial score (nSPS) is 14.4. The Kier molecular flexibility index (Phi) is 6.79. The van der Waals surface area contributed by atoms with Crippen LogP contribution in [-0.2, 0) is 0 Å². The third-order valence-corrected chi connectivity index (χ3v) is 3.77. The number of pyridine rings is 1. The number of nitrogens with one attached hydrogen (secondary N) is 1. The van der Waals surface area contributed by atoms with E-state index in [-0.39, 0.29) is 6.04 Å². The number of nitriles is 1. The fraction of sp³-hybridized carbons (Fsp3) is 0.529. The molecule has 0 aliphatic rings. The second-order valence-electron chi connectivity index (χ2n) is 5.26. The number of aromatic nitrogens is 1. The van der Waals surface area contributed by atoms with Gasteiger partial charge in [-0.25, -0.2) is 0 Å².